The number of pyridine rings is 1. The molecule has 0 radical (unpaired) electrons. The fraction of sp³-hybridized carbons (Fsp3) is 0.429. The summed E-state index contributed by atoms with van der Waals surface area (Å²) in [4.78, 5) is 4.16. The minimum Gasteiger partial charge on any atom is -0.490 e. The van der Waals surface area contributed by atoms with Crippen molar-refractivity contribution in [2.75, 3.05) is 19.8 Å². The fourth-order valence-electron chi connectivity index (χ4n) is 2.00. The summed E-state index contributed by atoms with van der Waals surface area (Å²) in [6.07, 6.45) is 5.02. The van der Waals surface area contributed by atoms with Crippen LogP contribution < -0.4 is 10.1 Å². The summed E-state index contributed by atoms with van der Waals surface area (Å²) in [6.45, 7) is 1.77. The molecule has 0 aliphatic carbocycles. The zero-order valence-electron chi connectivity index (χ0n) is 11.1. The number of aliphatic hydroxyl groups is 1. The molecule has 1 atom stereocenters. The van der Waals surface area contributed by atoms with Crippen molar-refractivity contribution in [1.82, 2.24) is 15.5 Å². The predicted molar refractivity (Wildman–Crippen MR) is 72.4 cm³/mol. The smallest absolute Gasteiger partial charge is 0.139 e. The molecule has 0 amide bonds. The van der Waals surface area contributed by atoms with Crippen LogP contribution in [0.5, 0.6) is 5.75 Å². The van der Waals surface area contributed by atoms with E-state index >= 15 is 0 Å². The lowest BCUT2D eigenvalue weighted by Gasteiger charge is -2.27. The van der Waals surface area contributed by atoms with Crippen LogP contribution in [0.15, 0.2) is 29.0 Å². The zero-order valence-corrected chi connectivity index (χ0v) is 11.1. The van der Waals surface area contributed by atoms with Crippen LogP contribution in [-0.2, 0) is 6.42 Å². The van der Waals surface area contributed by atoms with Gasteiger partial charge >= 0.3 is 0 Å². The van der Waals surface area contributed by atoms with Crippen LogP contribution in [0.2, 0.25) is 0 Å². The Morgan fingerprint density at radius 1 is 1.40 bits per heavy atom. The molecule has 106 valence electrons. The van der Waals surface area contributed by atoms with Crippen molar-refractivity contribution >= 4 is 0 Å². The highest BCUT2D eigenvalue weighted by atomic mass is 16.5. The molecule has 6 heteroatoms. The molecule has 6 nitrogen and oxygen atoms in total. The van der Waals surface area contributed by atoms with E-state index in [-0.39, 0.29) is 6.61 Å². The van der Waals surface area contributed by atoms with E-state index in [0.717, 1.165) is 24.3 Å². The van der Waals surface area contributed by atoms with Crippen molar-refractivity contribution < 1.29 is 14.4 Å². The number of hydrogen-bond acceptors (Lipinski definition) is 6. The second kappa shape index (κ2) is 6.02. The maximum Gasteiger partial charge on any atom is 0.139 e. The first-order chi connectivity index (χ1) is 9.85. The Morgan fingerprint density at radius 2 is 2.30 bits per heavy atom. The number of nitrogens with one attached hydrogen (secondary N) is 1. The topological polar surface area (TPSA) is 80.4 Å². The lowest BCUT2D eigenvalue weighted by atomic mass is 10.1. The van der Waals surface area contributed by atoms with E-state index in [0.29, 0.717) is 30.5 Å². The molecule has 0 spiro atoms. The van der Waals surface area contributed by atoms with Gasteiger partial charge in [0.1, 0.15) is 23.8 Å². The van der Waals surface area contributed by atoms with E-state index in [2.05, 4.69) is 15.5 Å². The molecule has 2 aromatic rings. The molecule has 1 aliphatic rings. The van der Waals surface area contributed by atoms with Gasteiger partial charge in [0.25, 0.3) is 0 Å². The third-order valence-corrected chi connectivity index (χ3v) is 3.30. The monoisotopic (exact) mass is 275 g/mol. The Hall–Kier alpha value is -1.92. The van der Waals surface area contributed by atoms with Crippen molar-refractivity contribution in [3.8, 4) is 17.0 Å². The fourth-order valence-corrected chi connectivity index (χ4v) is 2.00. The highest BCUT2D eigenvalue weighted by Crippen LogP contribution is 2.23. The summed E-state index contributed by atoms with van der Waals surface area (Å²) in [5.41, 5.74) is 1.55. The number of nitrogens with zero attached hydrogens (tertiary/aromatic N) is 2. The minimum atomic E-state index is 0.0461. The normalized spacial score (nSPS) is 17.8. The van der Waals surface area contributed by atoms with Gasteiger partial charge in [-0.2, -0.15) is 0 Å². The van der Waals surface area contributed by atoms with Gasteiger partial charge in [-0.05, 0) is 19.0 Å². The molecule has 2 aromatic heterocycles. The SMILES string of the molecule is OCCc1cc(-c2cncc(OCC3CCN3)c2)no1. The summed E-state index contributed by atoms with van der Waals surface area (Å²) in [5, 5.41) is 16.1. The Balaban J connectivity index is 1.68. The van der Waals surface area contributed by atoms with Gasteiger partial charge in [-0.15, -0.1) is 0 Å². The van der Waals surface area contributed by atoms with E-state index in [1.807, 2.05) is 12.1 Å². The summed E-state index contributed by atoms with van der Waals surface area (Å²) in [5.74, 6) is 1.38. The first kappa shape index (κ1) is 13.1. The first-order valence-corrected chi connectivity index (χ1v) is 6.73. The summed E-state index contributed by atoms with van der Waals surface area (Å²) < 4.78 is 10.8. The average molecular weight is 275 g/mol. The molecule has 1 fully saturated rings. The van der Waals surface area contributed by atoms with Crippen LogP contribution >= 0.6 is 0 Å². The molecule has 0 aromatic carbocycles. The number of rotatable bonds is 6. The number of aromatic nitrogens is 2. The van der Waals surface area contributed by atoms with Crippen molar-refractivity contribution in [1.29, 1.82) is 0 Å². The predicted octanol–water partition coefficient (Wildman–Crippen LogP) is 1.01. The van der Waals surface area contributed by atoms with Gasteiger partial charge in [0.15, 0.2) is 0 Å². The molecule has 2 N–H and O–H groups in total. The highest BCUT2D eigenvalue weighted by molar-refractivity contribution is 5.59. The van der Waals surface area contributed by atoms with Gasteiger partial charge in [0, 0.05) is 30.3 Å². The molecule has 3 rings (SSSR count). The largest absolute Gasteiger partial charge is 0.490 e. The molecule has 20 heavy (non-hydrogen) atoms. The van der Waals surface area contributed by atoms with Gasteiger partial charge < -0.3 is 19.7 Å². The molecule has 1 unspecified atom stereocenters. The Morgan fingerprint density at radius 3 is 3.05 bits per heavy atom. The van der Waals surface area contributed by atoms with Crippen LogP contribution in [0.3, 0.4) is 0 Å². The number of ether oxygens (including phenoxy) is 1. The van der Waals surface area contributed by atoms with Crippen LogP contribution in [0, 0.1) is 0 Å². The summed E-state index contributed by atoms with van der Waals surface area (Å²) in [6, 6.07) is 4.15. The molecule has 1 saturated heterocycles. The summed E-state index contributed by atoms with van der Waals surface area (Å²) in [7, 11) is 0. The second-order valence-corrected chi connectivity index (χ2v) is 4.81. The van der Waals surface area contributed by atoms with Crippen LogP contribution in [0.4, 0.5) is 0 Å². The molecule has 0 bridgehead atoms. The van der Waals surface area contributed by atoms with Gasteiger partial charge in [0.2, 0.25) is 0 Å². The standard InChI is InChI=1S/C14H17N3O3/c18-4-2-12-6-14(17-20-12)10-5-13(8-15-7-10)19-9-11-1-3-16-11/h5-8,11,16,18H,1-4,9H2. The maximum absolute atomic E-state index is 8.87. The molecule has 1 aliphatic heterocycles. The molecule has 3 heterocycles. The Kier molecular flexibility index (Phi) is 3.94. The summed E-state index contributed by atoms with van der Waals surface area (Å²) >= 11 is 0. The lowest BCUT2D eigenvalue weighted by Crippen LogP contribution is -2.46. The van der Waals surface area contributed by atoms with Crippen molar-refractivity contribution in [2.45, 2.75) is 18.9 Å². The van der Waals surface area contributed by atoms with Gasteiger partial charge in [-0.3, -0.25) is 4.98 Å². The van der Waals surface area contributed by atoms with Gasteiger partial charge in [0.05, 0.1) is 12.8 Å². The van der Waals surface area contributed by atoms with E-state index in [1.165, 1.54) is 0 Å². The van der Waals surface area contributed by atoms with Crippen LogP contribution in [0.25, 0.3) is 11.3 Å². The van der Waals surface area contributed by atoms with Gasteiger partial charge in [-0.25, -0.2) is 0 Å². The zero-order chi connectivity index (χ0) is 13.8. The number of aliphatic hydroxyl groups excluding tert-OH is 1. The molecule has 0 saturated carbocycles. The Labute approximate surface area is 116 Å². The van der Waals surface area contributed by atoms with E-state index in [4.69, 9.17) is 14.4 Å². The second-order valence-electron chi connectivity index (χ2n) is 4.81. The quantitative estimate of drug-likeness (QED) is 0.819. The van der Waals surface area contributed by atoms with Crippen LogP contribution in [0.1, 0.15) is 12.2 Å². The lowest BCUT2D eigenvalue weighted by molar-refractivity contribution is 0.217. The van der Waals surface area contributed by atoms with Crippen molar-refractivity contribution in [3.05, 3.63) is 30.3 Å². The molecular weight excluding hydrogens is 258 g/mol. The highest BCUT2D eigenvalue weighted by Gasteiger charge is 2.17. The minimum absolute atomic E-state index is 0.0461. The van der Waals surface area contributed by atoms with Crippen molar-refractivity contribution in [3.63, 3.8) is 0 Å². The average Bonchev–Trinajstić information content (AvgIpc) is 2.86. The van der Waals surface area contributed by atoms with Crippen LogP contribution in [-0.4, -0.2) is 41.0 Å². The van der Waals surface area contributed by atoms with E-state index < -0.39 is 0 Å². The van der Waals surface area contributed by atoms with Crippen molar-refractivity contribution in [2.24, 2.45) is 0 Å². The number of hydrogen-bond donors (Lipinski definition) is 2. The third-order valence-electron chi connectivity index (χ3n) is 3.30. The van der Waals surface area contributed by atoms with E-state index in [1.54, 1.807) is 12.4 Å². The van der Waals surface area contributed by atoms with Gasteiger partial charge in [-0.1, -0.05) is 5.16 Å². The maximum atomic E-state index is 8.87. The third kappa shape index (κ3) is 2.97. The Bertz CT molecular complexity index is 566. The first-order valence-electron chi connectivity index (χ1n) is 6.73. The molecular formula is C14H17N3O3. The van der Waals surface area contributed by atoms with E-state index in [9.17, 15) is 0 Å².